The first-order valence-electron chi connectivity index (χ1n) is 11.9. The number of ether oxygens (including phenoxy) is 3. The van der Waals surface area contributed by atoms with Crippen LogP contribution >= 0.6 is 0 Å². The minimum absolute atomic E-state index is 0.164. The molecule has 1 aromatic rings. The highest BCUT2D eigenvalue weighted by atomic mass is 19.1. The Morgan fingerprint density at radius 1 is 1.22 bits per heavy atom. The van der Waals surface area contributed by atoms with Gasteiger partial charge in [0.15, 0.2) is 0 Å². The number of nitrogens with one attached hydrogen (secondary N) is 1. The fraction of sp³-hybridized carbons (Fsp3) is 0.640. The van der Waals surface area contributed by atoms with E-state index in [1.165, 1.54) is 50.2 Å². The lowest BCUT2D eigenvalue weighted by molar-refractivity contribution is -0.142. The van der Waals surface area contributed by atoms with Gasteiger partial charge in [0, 0.05) is 20.6 Å². The van der Waals surface area contributed by atoms with Gasteiger partial charge in [-0.3, -0.25) is 14.5 Å². The predicted octanol–water partition coefficient (Wildman–Crippen LogP) is 1.94. The predicted molar refractivity (Wildman–Crippen MR) is 130 cm³/mol. The summed E-state index contributed by atoms with van der Waals surface area (Å²) in [4.78, 5) is 41.5. The van der Waals surface area contributed by atoms with Gasteiger partial charge in [-0.2, -0.15) is 0 Å². The Labute approximate surface area is 211 Å². The summed E-state index contributed by atoms with van der Waals surface area (Å²) in [6.45, 7) is 8.20. The van der Waals surface area contributed by atoms with Crippen molar-refractivity contribution in [1.82, 2.24) is 15.1 Å². The van der Waals surface area contributed by atoms with E-state index in [1.807, 2.05) is 0 Å². The van der Waals surface area contributed by atoms with Crippen LogP contribution in [-0.4, -0.2) is 96.1 Å². The number of methoxy groups -OCH3 is 1. The van der Waals surface area contributed by atoms with Crippen LogP contribution in [0, 0.1) is 5.82 Å². The molecule has 10 nitrogen and oxygen atoms in total. The van der Waals surface area contributed by atoms with Gasteiger partial charge in [0.25, 0.3) is 0 Å². The monoisotopic (exact) mass is 511 g/mol. The van der Waals surface area contributed by atoms with Crippen molar-refractivity contribution in [3.63, 3.8) is 0 Å². The maximum atomic E-state index is 13.5. The molecule has 0 radical (unpaired) electrons. The number of aliphatic hydroxyl groups excluding tert-OH is 1. The lowest BCUT2D eigenvalue weighted by atomic mass is 10.1. The molecule has 2 N–H and O–H groups in total. The molecule has 0 spiro atoms. The zero-order valence-corrected chi connectivity index (χ0v) is 22.0. The third-order valence-corrected chi connectivity index (χ3v) is 6.03. The molecule has 1 heterocycles. The van der Waals surface area contributed by atoms with Crippen LogP contribution in [0.2, 0.25) is 0 Å². The Morgan fingerprint density at radius 2 is 1.83 bits per heavy atom. The number of likely N-dealkylation sites (tertiary alicyclic amines) is 1. The first-order chi connectivity index (χ1) is 16.8. The van der Waals surface area contributed by atoms with Gasteiger partial charge >= 0.3 is 6.09 Å². The summed E-state index contributed by atoms with van der Waals surface area (Å²) in [6.07, 6.45) is -1.44. The van der Waals surface area contributed by atoms with Crippen molar-refractivity contribution < 1.29 is 38.1 Å². The minimum Gasteiger partial charge on any atom is -0.489 e. The zero-order valence-electron chi connectivity index (χ0n) is 22.0. The molecule has 0 aromatic heterocycles. The number of rotatable bonds is 9. The number of hydrogen-bond donors (Lipinski definition) is 2. The number of amides is 3. The summed E-state index contributed by atoms with van der Waals surface area (Å²) in [5, 5.41) is 12.6. The maximum Gasteiger partial charge on any atom is 0.410 e. The van der Waals surface area contributed by atoms with Crippen molar-refractivity contribution in [2.24, 2.45) is 0 Å². The Bertz CT molecular complexity index is 906. The van der Waals surface area contributed by atoms with Crippen LogP contribution in [-0.2, 0) is 19.1 Å². The van der Waals surface area contributed by atoms with E-state index in [9.17, 15) is 23.9 Å². The van der Waals surface area contributed by atoms with Crippen LogP contribution in [0.25, 0.3) is 0 Å². The van der Waals surface area contributed by atoms with Gasteiger partial charge in [0.05, 0.1) is 25.3 Å². The molecule has 1 aliphatic rings. The number of carbonyl (C=O) groups excluding carboxylic acids is 3. The highest BCUT2D eigenvalue weighted by Gasteiger charge is 2.41. The number of benzene rings is 1. The SMILES string of the molecule is COC(C)[C@H](NC(=O)[C@H](C)N(C)C(=O)OC(C)(C)C)C(=O)N1CC(Oc2ccc(F)cc2)C[C@H]1CO. The van der Waals surface area contributed by atoms with E-state index >= 15 is 0 Å². The van der Waals surface area contributed by atoms with E-state index < -0.39 is 59.7 Å². The molecule has 0 saturated carbocycles. The maximum absolute atomic E-state index is 13.5. The van der Waals surface area contributed by atoms with Crippen LogP contribution in [0.15, 0.2) is 24.3 Å². The van der Waals surface area contributed by atoms with Crippen LogP contribution in [0.5, 0.6) is 5.75 Å². The molecular formula is C25H38FN3O7. The van der Waals surface area contributed by atoms with Gasteiger partial charge in [-0.15, -0.1) is 0 Å². The van der Waals surface area contributed by atoms with E-state index in [4.69, 9.17) is 14.2 Å². The molecule has 2 unspecified atom stereocenters. The highest BCUT2D eigenvalue weighted by Crippen LogP contribution is 2.24. The van der Waals surface area contributed by atoms with Crippen molar-refractivity contribution in [3.8, 4) is 5.75 Å². The molecule has 0 aliphatic carbocycles. The topological polar surface area (TPSA) is 118 Å². The molecule has 5 atom stereocenters. The molecule has 202 valence electrons. The van der Waals surface area contributed by atoms with Gasteiger partial charge in [-0.25, -0.2) is 9.18 Å². The van der Waals surface area contributed by atoms with Gasteiger partial charge in [0.2, 0.25) is 11.8 Å². The second-order valence-corrected chi connectivity index (χ2v) is 9.95. The lowest BCUT2D eigenvalue weighted by Gasteiger charge is -2.33. The number of likely N-dealkylation sites (N-methyl/N-ethyl adjacent to an activating group) is 1. The van der Waals surface area contributed by atoms with Crippen molar-refractivity contribution >= 4 is 17.9 Å². The van der Waals surface area contributed by atoms with Crippen LogP contribution in [0.1, 0.15) is 41.0 Å². The summed E-state index contributed by atoms with van der Waals surface area (Å²) in [7, 11) is 2.86. The Balaban J connectivity index is 2.12. The molecule has 36 heavy (non-hydrogen) atoms. The van der Waals surface area contributed by atoms with E-state index in [1.54, 1.807) is 27.7 Å². The summed E-state index contributed by atoms with van der Waals surface area (Å²) in [6, 6.07) is 3.00. The standard InChI is InChI=1S/C25H38FN3O7/c1-15(28(6)24(33)36-25(3,4)5)22(31)27-21(16(2)34-7)23(32)29-13-20(12-18(29)14-30)35-19-10-8-17(26)9-11-19/h8-11,15-16,18,20-21,30H,12-14H2,1-7H3,(H,27,31)/t15-,16?,18-,20?,21-/m0/s1. The molecule has 3 amide bonds. The van der Waals surface area contributed by atoms with Gasteiger partial charge < -0.3 is 29.5 Å². The summed E-state index contributed by atoms with van der Waals surface area (Å²) in [5.74, 6) is -0.961. The molecule has 0 bridgehead atoms. The second-order valence-electron chi connectivity index (χ2n) is 9.95. The van der Waals surface area contributed by atoms with Gasteiger partial charge in [-0.1, -0.05) is 0 Å². The van der Waals surface area contributed by atoms with Crippen LogP contribution in [0.4, 0.5) is 9.18 Å². The van der Waals surface area contributed by atoms with E-state index in [0.29, 0.717) is 12.2 Å². The van der Waals surface area contributed by atoms with Crippen molar-refractivity contribution in [1.29, 1.82) is 0 Å². The number of aliphatic hydroxyl groups is 1. The molecule has 1 aliphatic heterocycles. The molecule has 1 saturated heterocycles. The summed E-state index contributed by atoms with van der Waals surface area (Å²) >= 11 is 0. The molecule has 1 fully saturated rings. The van der Waals surface area contributed by atoms with Gasteiger partial charge in [-0.05, 0) is 58.9 Å². The fourth-order valence-corrected chi connectivity index (χ4v) is 3.74. The molecular weight excluding hydrogens is 473 g/mol. The molecule has 2 rings (SSSR count). The van der Waals surface area contributed by atoms with E-state index in [0.717, 1.165) is 4.90 Å². The third-order valence-electron chi connectivity index (χ3n) is 6.03. The van der Waals surface area contributed by atoms with Crippen molar-refractivity contribution in [2.45, 2.75) is 77.0 Å². The van der Waals surface area contributed by atoms with Crippen molar-refractivity contribution in [2.75, 3.05) is 27.3 Å². The highest BCUT2D eigenvalue weighted by molar-refractivity contribution is 5.91. The quantitative estimate of drug-likeness (QED) is 0.520. The summed E-state index contributed by atoms with van der Waals surface area (Å²) in [5.41, 5.74) is -0.730. The second kappa shape index (κ2) is 12.4. The van der Waals surface area contributed by atoms with Gasteiger partial charge in [0.1, 0.15) is 35.4 Å². The van der Waals surface area contributed by atoms with E-state index in [2.05, 4.69) is 5.32 Å². The molecule has 1 aromatic carbocycles. The lowest BCUT2D eigenvalue weighted by Crippen LogP contribution is -2.59. The first kappa shape index (κ1) is 29.3. The third kappa shape index (κ3) is 7.79. The van der Waals surface area contributed by atoms with Crippen molar-refractivity contribution in [3.05, 3.63) is 30.1 Å². The zero-order chi connectivity index (χ0) is 27.2. The molecule has 11 heteroatoms. The number of hydrogen-bond acceptors (Lipinski definition) is 7. The van der Waals surface area contributed by atoms with Crippen LogP contribution < -0.4 is 10.1 Å². The fourth-order valence-electron chi connectivity index (χ4n) is 3.74. The Kier molecular flexibility index (Phi) is 10.1. The smallest absolute Gasteiger partial charge is 0.410 e. The average molecular weight is 512 g/mol. The normalized spacial score (nSPS) is 20.3. The minimum atomic E-state index is -1.07. The number of nitrogens with zero attached hydrogens (tertiary/aromatic N) is 2. The number of halogens is 1. The first-order valence-corrected chi connectivity index (χ1v) is 11.9. The van der Waals surface area contributed by atoms with E-state index in [-0.39, 0.29) is 13.2 Å². The number of carbonyl (C=O) groups is 3. The summed E-state index contributed by atoms with van der Waals surface area (Å²) < 4.78 is 29.7. The Morgan fingerprint density at radius 3 is 2.36 bits per heavy atom. The average Bonchev–Trinajstić information content (AvgIpc) is 3.23. The Hall–Kier alpha value is -2.92. The van der Waals surface area contributed by atoms with Crippen LogP contribution in [0.3, 0.4) is 0 Å². The largest absolute Gasteiger partial charge is 0.489 e.